The van der Waals surface area contributed by atoms with Crippen LogP contribution in [0.4, 0.5) is 0 Å². The van der Waals surface area contributed by atoms with Crippen LogP contribution in [0.25, 0.3) is 11.0 Å². The summed E-state index contributed by atoms with van der Waals surface area (Å²) in [6.07, 6.45) is 5.98. The Hall–Kier alpha value is -1.13. The van der Waals surface area contributed by atoms with Crippen LogP contribution in [0.2, 0.25) is 0 Å². The lowest BCUT2D eigenvalue weighted by molar-refractivity contribution is 0.0754. The highest BCUT2D eigenvalue weighted by Gasteiger charge is 2.14. The number of hydrogen-bond donors (Lipinski definition) is 0. The first-order chi connectivity index (χ1) is 9.59. The molecule has 110 valence electrons. The van der Waals surface area contributed by atoms with Gasteiger partial charge < -0.3 is 9.30 Å². The summed E-state index contributed by atoms with van der Waals surface area (Å²) in [5.74, 6) is 0.916. The third-order valence-electron chi connectivity index (χ3n) is 3.16. The van der Waals surface area contributed by atoms with Crippen molar-refractivity contribution in [2.24, 2.45) is 0 Å². The minimum atomic E-state index is -0.102. The fourth-order valence-electron chi connectivity index (χ4n) is 2.23. The van der Waals surface area contributed by atoms with Gasteiger partial charge in [-0.1, -0.05) is 0 Å². The summed E-state index contributed by atoms with van der Waals surface area (Å²) in [6.45, 7) is 7.79. The highest BCUT2D eigenvalue weighted by Crippen LogP contribution is 2.24. The van der Waals surface area contributed by atoms with E-state index >= 15 is 0 Å². The van der Waals surface area contributed by atoms with Gasteiger partial charge in [0.15, 0.2) is 0 Å². The molecule has 5 heteroatoms. The van der Waals surface area contributed by atoms with Crippen LogP contribution in [0.1, 0.15) is 44.8 Å². The highest BCUT2D eigenvalue weighted by molar-refractivity contribution is 6.20. The van der Waals surface area contributed by atoms with Crippen molar-refractivity contribution in [1.29, 1.82) is 0 Å². The molecule has 0 aliphatic rings. The molecular weight excluding hydrogens is 274 g/mol. The Morgan fingerprint density at radius 2 is 2.10 bits per heavy atom. The molecule has 0 fully saturated rings. The Bertz CT molecular complexity index is 551. The smallest absolute Gasteiger partial charge is 0.127 e. The van der Waals surface area contributed by atoms with Crippen molar-refractivity contribution in [3.8, 4) is 0 Å². The van der Waals surface area contributed by atoms with E-state index in [1.807, 2.05) is 13.0 Å². The second kappa shape index (κ2) is 7.04. The lowest BCUT2D eigenvalue weighted by Crippen LogP contribution is -2.07. The fraction of sp³-hybridized carbons (Fsp3) is 0.600. The quantitative estimate of drug-likeness (QED) is 0.574. The lowest BCUT2D eigenvalue weighted by Gasteiger charge is -2.11. The summed E-state index contributed by atoms with van der Waals surface area (Å²) in [4.78, 5) is 8.69. The van der Waals surface area contributed by atoms with Crippen LogP contribution in [-0.4, -0.2) is 27.2 Å². The van der Waals surface area contributed by atoms with Gasteiger partial charge >= 0.3 is 0 Å². The van der Waals surface area contributed by atoms with Gasteiger partial charge in [0.1, 0.15) is 11.3 Å². The van der Waals surface area contributed by atoms with Gasteiger partial charge in [0.2, 0.25) is 0 Å². The number of aromatic nitrogens is 3. The van der Waals surface area contributed by atoms with Crippen LogP contribution in [-0.2, 0) is 11.3 Å². The summed E-state index contributed by atoms with van der Waals surface area (Å²) in [5, 5.41) is -0.102. The second-order valence-corrected chi connectivity index (χ2v) is 5.88. The van der Waals surface area contributed by atoms with Crippen molar-refractivity contribution < 1.29 is 4.74 Å². The first kappa shape index (κ1) is 15.3. The molecule has 0 N–H and O–H groups in total. The third kappa shape index (κ3) is 3.70. The van der Waals surface area contributed by atoms with Crippen LogP contribution in [0.3, 0.4) is 0 Å². The zero-order valence-corrected chi connectivity index (χ0v) is 13.1. The van der Waals surface area contributed by atoms with Crippen LogP contribution in [0, 0.1) is 0 Å². The molecular formula is C15H22ClN3O. The van der Waals surface area contributed by atoms with Crippen LogP contribution < -0.4 is 0 Å². The van der Waals surface area contributed by atoms with Gasteiger partial charge in [-0.2, -0.15) is 0 Å². The van der Waals surface area contributed by atoms with E-state index in [0.717, 1.165) is 42.9 Å². The van der Waals surface area contributed by atoms with Crippen molar-refractivity contribution >= 4 is 22.6 Å². The SMILES string of the molecule is CC(C)OCCCCn1c(C(C)Cl)nc2cnccc21. The molecule has 0 radical (unpaired) electrons. The number of hydrogen-bond acceptors (Lipinski definition) is 3. The standard InChI is InChI=1S/C15H22ClN3O/c1-11(2)20-9-5-4-8-19-14-6-7-17-10-13(14)18-15(19)12(3)16/h6-7,10-12H,4-5,8-9H2,1-3H3. The van der Waals surface area contributed by atoms with E-state index in [9.17, 15) is 0 Å². The van der Waals surface area contributed by atoms with Crippen molar-refractivity contribution in [3.63, 3.8) is 0 Å². The molecule has 2 heterocycles. The predicted molar refractivity (Wildman–Crippen MR) is 82.1 cm³/mol. The lowest BCUT2D eigenvalue weighted by atomic mass is 10.3. The summed E-state index contributed by atoms with van der Waals surface area (Å²) >= 11 is 6.23. The molecule has 2 aromatic heterocycles. The fourth-order valence-corrected chi connectivity index (χ4v) is 2.40. The number of ether oxygens (including phenoxy) is 1. The molecule has 2 aromatic rings. The van der Waals surface area contributed by atoms with Gasteiger partial charge in [0, 0.05) is 19.3 Å². The van der Waals surface area contributed by atoms with E-state index in [2.05, 4.69) is 28.4 Å². The number of unbranched alkanes of at least 4 members (excludes halogenated alkanes) is 1. The Balaban J connectivity index is 2.06. The van der Waals surface area contributed by atoms with Gasteiger partial charge in [-0.25, -0.2) is 4.98 Å². The predicted octanol–water partition coefficient (Wildman–Crippen LogP) is 3.94. The summed E-state index contributed by atoms with van der Waals surface area (Å²) in [7, 11) is 0. The number of nitrogens with zero attached hydrogens (tertiary/aromatic N) is 3. The number of halogens is 1. The largest absolute Gasteiger partial charge is 0.379 e. The molecule has 0 amide bonds. The van der Waals surface area contributed by atoms with Crippen LogP contribution in [0.5, 0.6) is 0 Å². The number of imidazole rings is 1. The number of fused-ring (bicyclic) bond motifs is 1. The molecule has 1 atom stereocenters. The molecule has 0 saturated carbocycles. The maximum atomic E-state index is 6.23. The number of rotatable bonds is 7. The van der Waals surface area contributed by atoms with Crippen molar-refractivity contribution in [2.75, 3.05) is 6.61 Å². The van der Waals surface area contributed by atoms with Gasteiger partial charge in [-0.3, -0.25) is 4.98 Å². The molecule has 20 heavy (non-hydrogen) atoms. The van der Waals surface area contributed by atoms with E-state index in [1.54, 1.807) is 12.4 Å². The van der Waals surface area contributed by atoms with Gasteiger partial charge in [0.05, 0.1) is 23.2 Å². The van der Waals surface area contributed by atoms with Crippen molar-refractivity contribution in [1.82, 2.24) is 14.5 Å². The zero-order valence-electron chi connectivity index (χ0n) is 12.3. The summed E-state index contributed by atoms with van der Waals surface area (Å²) < 4.78 is 7.76. The summed E-state index contributed by atoms with van der Waals surface area (Å²) in [5.41, 5.74) is 2.01. The Kier molecular flexibility index (Phi) is 5.38. The normalized spacial score (nSPS) is 13.2. The molecule has 0 aliphatic heterocycles. The molecule has 0 aliphatic carbocycles. The molecule has 4 nitrogen and oxygen atoms in total. The van der Waals surface area contributed by atoms with Crippen LogP contribution >= 0.6 is 11.6 Å². The molecule has 0 spiro atoms. The molecule has 0 aromatic carbocycles. The van der Waals surface area contributed by atoms with E-state index in [4.69, 9.17) is 16.3 Å². The Labute approximate surface area is 125 Å². The number of aryl methyl sites for hydroxylation is 1. The maximum absolute atomic E-state index is 6.23. The third-order valence-corrected chi connectivity index (χ3v) is 3.36. The van der Waals surface area contributed by atoms with Crippen molar-refractivity contribution in [2.45, 2.75) is 51.6 Å². The molecule has 0 bridgehead atoms. The average molecular weight is 296 g/mol. The molecule has 0 saturated heterocycles. The summed E-state index contributed by atoms with van der Waals surface area (Å²) in [6, 6.07) is 2.00. The topological polar surface area (TPSA) is 39.9 Å². The number of alkyl halides is 1. The van der Waals surface area contributed by atoms with Gasteiger partial charge in [0.25, 0.3) is 0 Å². The van der Waals surface area contributed by atoms with Gasteiger partial charge in [-0.05, 0) is 39.7 Å². The van der Waals surface area contributed by atoms with Crippen LogP contribution in [0.15, 0.2) is 18.5 Å². The first-order valence-corrected chi connectivity index (χ1v) is 7.59. The highest BCUT2D eigenvalue weighted by atomic mass is 35.5. The van der Waals surface area contributed by atoms with E-state index in [-0.39, 0.29) is 5.38 Å². The maximum Gasteiger partial charge on any atom is 0.127 e. The molecule has 1 unspecified atom stereocenters. The number of pyridine rings is 1. The van der Waals surface area contributed by atoms with E-state index in [1.165, 1.54) is 0 Å². The monoisotopic (exact) mass is 295 g/mol. The van der Waals surface area contributed by atoms with Gasteiger partial charge in [-0.15, -0.1) is 11.6 Å². The average Bonchev–Trinajstić information content (AvgIpc) is 2.77. The zero-order chi connectivity index (χ0) is 14.5. The van der Waals surface area contributed by atoms with E-state index < -0.39 is 0 Å². The Morgan fingerprint density at radius 1 is 1.30 bits per heavy atom. The van der Waals surface area contributed by atoms with Crippen molar-refractivity contribution in [3.05, 3.63) is 24.3 Å². The Morgan fingerprint density at radius 3 is 2.80 bits per heavy atom. The minimum Gasteiger partial charge on any atom is -0.379 e. The second-order valence-electron chi connectivity index (χ2n) is 5.23. The van der Waals surface area contributed by atoms with E-state index in [0.29, 0.717) is 6.10 Å². The molecule has 2 rings (SSSR count). The minimum absolute atomic E-state index is 0.102. The first-order valence-electron chi connectivity index (χ1n) is 7.15.